The van der Waals surface area contributed by atoms with Crippen LogP contribution in [0.2, 0.25) is 0 Å². The van der Waals surface area contributed by atoms with Crippen molar-refractivity contribution in [3.05, 3.63) is 5.82 Å². The Morgan fingerprint density at radius 3 is 2.33 bits per heavy atom. The lowest BCUT2D eigenvalue weighted by Crippen LogP contribution is -2.13. The van der Waals surface area contributed by atoms with Gasteiger partial charge >= 0.3 is 0 Å². The molecule has 0 fully saturated rings. The molecule has 0 atom stereocenters. The molecule has 0 saturated carbocycles. The Labute approximate surface area is 75.7 Å². The molecule has 68 valence electrons. The Bertz CT molecular complexity index is 367. The van der Waals surface area contributed by atoms with E-state index in [0.29, 0.717) is 5.82 Å². The summed E-state index contributed by atoms with van der Waals surface area (Å²) in [6.45, 7) is 4.94. The van der Waals surface area contributed by atoms with E-state index in [4.69, 9.17) is 0 Å². The van der Waals surface area contributed by atoms with Crippen LogP contribution in [-0.2, 0) is 9.84 Å². The van der Waals surface area contributed by atoms with Gasteiger partial charge in [-0.3, -0.25) is 0 Å². The second-order valence-electron chi connectivity index (χ2n) is 2.70. The van der Waals surface area contributed by atoms with E-state index in [1.807, 2.05) is 0 Å². The predicted octanol–water partition coefficient (Wildman–Crippen LogP) is 1.03. The van der Waals surface area contributed by atoms with Gasteiger partial charge in [-0.1, -0.05) is 0 Å². The molecule has 4 nitrogen and oxygen atoms in total. The maximum absolute atomic E-state index is 11.5. The molecule has 1 aromatic heterocycles. The molecule has 0 aliphatic carbocycles. The molecule has 0 radical (unpaired) electrons. The van der Waals surface area contributed by atoms with Crippen LogP contribution in [0.4, 0.5) is 0 Å². The molecule has 0 aliphatic heterocycles. The molecule has 0 saturated heterocycles. The van der Waals surface area contributed by atoms with Gasteiger partial charge in [0.25, 0.3) is 0 Å². The highest BCUT2D eigenvalue weighted by molar-refractivity contribution is 7.93. The molecular formula is C6H10N2O2S2. The highest BCUT2D eigenvalue weighted by Gasteiger charge is 2.23. The number of hydrogen-bond donors (Lipinski definition) is 0. The van der Waals surface area contributed by atoms with Gasteiger partial charge in [0, 0.05) is 0 Å². The molecule has 12 heavy (non-hydrogen) atoms. The van der Waals surface area contributed by atoms with E-state index in [-0.39, 0.29) is 4.34 Å². The van der Waals surface area contributed by atoms with Gasteiger partial charge in [0.05, 0.1) is 5.25 Å². The van der Waals surface area contributed by atoms with Gasteiger partial charge < -0.3 is 0 Å². The molecule has 0 spiro atoms. The molecule has 0 aromatic carbocycles. The van der Waals surface area contributed by atoms with E-state index in [1.165, 1.54) is 0 Å². The van der Waals surface area contributed by atoms with Crippen LogP contribution in [0.3, 0.4) is 0 Å². The van der Waals surface area contributed by atoms with E-state index in [1.54, 1.807) is 20.8 Å². The summed E-state index contributed by atoms with van der Waals surface area (Å²) in [5.74, 6) is 0.513. The summed E-state index contributed by atoms with van der Waals surface area (Å²) in [5.41, 5.74) is 0. The van der Waals surface area contributed by atoms with Crippen LogP contribution in [0.1, 0.15) is 19.7 Å². The van der Waals surface area contributed by atoms with Crippen LogP contribution >= 0.6 is 11.5 Å². The van der Waals surface area contributed by atoms with Crippen molar-refractivity contribution in [1.82, 2.24) is 9.36 Å². The standard InChI is InChI=1S/C6H10N2O2S2/c1-4(2)12(9,10)6-7-5(3)8-11-6/h4H,1-3H3. The number of aryl methyl sites for hydroxylation is 1. The minimum atomic E-state index is -3.21. The number of aromatic nitrogens is 2. The highest BCUT2D eigenvalue weighted by atomic mass is 32.2. The van der Waals surface area contributed by atoms with Gasteiger partial charge in [0.2, 0.25) is 14.2 Å². The largest absolute Gasteiger partial charge is 0.229 e. The van der Waals surface area contributed by atoms with Crippen LogP contribution in [-0.4, -0.2) is 23.0 Å². The molecule has 0 aliphatic rings. The van der Waals surface area contributed by atoms with Crippen molar-refractivity contribution in [2.24, 2.45) is 0 Å². The van der Waals surface area contributed by atoms with Gasteiger partial charge in [0.1, 0.15) is 5.82 Å². The topological polar surface area (TPSA) is 59.9 Å². The van der Waals surface area contributed by atoms with Gasteiger partial charge in [-0.25, -0.2) is 13.4 Å². The van der Waals surface area contributed by atoms with E-state index < -0.39 is 15.1 Å². The summed E-state index contributed by atoms with van der Waals surface area (Å²) in [4.78, 5) is 3.82. The van der Waals surface area contributed by atoms with Crippen molar-refractivity contribution < 1.29 is 8.42 Å². The quantitative estimate of drug-likeness (QED) is 0.725. The summed E-state index contributed by atoms with van der Waals surface area (Å²) in [6.07, 6.45) is 0. The number of hydrogen-bond acceptors (Lipinski definition) is 5. The zero-order chi connectivity index (χ0) is 9.35. The first-order chi connectivity index (χ1) is 5.44. The maximum Gasteiger partial charge on any atom is 0.229 e. The Morgan fingerprint density at radius 2 is 2.00 bits per heavy atom. The summed E-state index contributed by atoms with van der Waals surface area (Å²) < 4.78 is 26.8. The lowest BCUT2D eigenvalue weighted by molar-refractivity contribution is 0.586. The summed E-state index contributed by atoms with van der Waals surface area (Å²) in [7, 11) is -3.21. The van der Waals surface area contributed by atoms with E-state index in [2.05, 4.69) is 9.36 Å². The summed E-state index contributed by atoms with van der Waals surface area (Å²) in [6, 6.07) is 0. The second kappa shape index (κ2) is 3.10. The SMILES string of the molecule is Cc1nsc(S(=O)(=O)C(C)C)n1. The van der Waals surface area contributed by atoms with Crippen LogP contribution in [0.5, 0.6) is 0 Å². The number of nitrogens with zero attached hydrogens (tertiary/aromatic N) is 2. The first-order valence-corrected chi connectivity index (χ1v) is 5.81. The lowest BCUT2D eigenvalue weighted by Gasteiger charge is -2.01. The van der Waals surface area contributed by atoms with Gasteiger partial charge in [-0.05, 0) is 32.3 Å². The van der Waals surface area contributed by atoms with E-state index >= 15 is 0 Å². The number of sulfone groups is 1. The van der Waals surface area contributed by atoms with Crippen molar-refractivity contribution in [1.29, 1.82) is 0 Å². The van der Waals surface area contributed by atoms with Crippen molar-refractivity contribution in [3.63, 3.8) is 0 Å². The van der Waals surface area contributed by atoms with Crippen molar-refractivity contribution in [2.45, 2.75) is 30.4 Å². The molecule has 0 bridgehead atoms. The Balaban J connectivity index is 3.15. The summed E-state index contributed by atoms with van der Waals surface area (Å²) in [5, 5.41) is -0.426. The van der Waals surface area contributed by atoms with Gasteiger partial charge in [-0.2, -0.15) is 4.37 Å². The summed E-state index contributed by atoms with van der Waals surface area (Å²) >= 11 is 0.936. The first kappa shape index (κ1) is 9.60. The molecule has 1 rings (SSSR count). The fraction of sp³-hybridized carbons (Fsp3) is 0.667. The first-order valence-electron chi connectivity index (χ1n) is 3.49. The van der Waals surface area contributed by atoms with Crippen LogP contribution < -0.4 is 0 Å². The van der Waals surface area contributed by atoms with Crippen molar-refractivity contribution >= 4 is 21.4 Å². The predicted molar refractivity (Wildman–Crippen MR) is 47.0 cm³/mol. The third kappa shape index (κ3) is 1.64. The fourth-order valence-corrected chi connectivity index (χ4v) is 2.79. The minimum Gasteiger partial charge on any atom is -0.221 e. The molecule has 1 heterocycles. The van der Waals surface area contributed by atoms with Gasteiger partial charge in [-0.15, -0.1) is 0 Å². The van der Waals surface area contributed by atoms with Crippen LogP contribution in [0, 0.1) is 6.92 Å². The monoisotopic (exact) mass is 206 g/mol. The highest BCUT2D eigenvalue weighted by Crippen LogP contribution is 2.17. The average molecular weight is 206 g/mol. The Morgan fingerprint density at radius 1 is 1.42 bits per heavy atom. The molecule has 6 heteroatoms. The van der Waals surface area contributed by atoms with E-state index in [0.717, 1.165) is 11.5 Å². The fourth-order valence-electron chi connectivity index (χ4n) is 0.595. The number of rotatable bonds is 2. The van der Waals surface area contributed by atoms with Crippen LogP contribution in [0.25, 0.3) is 0 Å². The van der Waals surface area contributed by atoms with Gasteiger partial charge in [0.15, 0.2) is 0 Å². The third-order valence-electron chi connectivity index (χ3n) is 1.37. The lowest BCUT2D eigenvalue weighted by atomic mass is 10.6. The smallest absolute Gasteiger partial charge is 0.221 e. The molecular weight excluding hydrogens is 196 g/mol. The Kier molecular flexibility index (Phi) is 2.48. The minimum absolute atomic E-state index is 0.120. The van der Waals surface area contributed by atoms with E-state index in [9.17, 15) is 8.42 Å². The Hall–Kier alpha value is -0.490. The second-order valence-corrected chi connectivity index (χ2v) is 6.13. The maximum atomic E-state index is 11.5. The van der Waals surface area contributed by atoms with Crippen molar-refractivity contribution in [3.8, 4) is 0 Å². The molecule has 0 N–H and O–H groups in total. The normalized spacial score (nSPS) is 12.3. The zero-order valence-corrected chi connectivity index (χ0v) is 8.74. The third-order valence-corrected chi connectivity index (χ3v) is 4.72. The zero-order valence-electron chi connectivity index (χ0n) is 7.10. The molecule has 0 amide bonds. The molecule has 0 unspecified atom stereocenters. The average Bonchev–Trinajstić information content (AvgIpc) is 2.35. The molecule has 1 aromatic rings. The van der Waals surface area contributed by atoms with Crippen molar-refractivity contribution in [2.75, 3.05) is 0 Å². The van der Waals surface area contributed by atoms with Crippen LogP contribution in [0.15, 0.2) is 4.34 Å².